The number of anilines is 1. The van der Waals surface area contributed by atoms with Gasteiger partial charge in [-0.1, -0.05) is 18.2 Å². The molecule has 0 saturated heterocycles. The second-order valence-electron chi connectivity index (χ2n) is 4.30. The van der Waals surface area contributed by atoms with Crippen LogP contribution in [-0.2, 0) is 4.79 Å². The van der Waals surface area contributed by atoms with E-state index in [1.807, 2.05) is 6.92 Å². The number of hydrogen-bond acceptors (Lipinski definition) is 3. The molecular formula is C15H14N2O3. The van der Waals surface area contributed by atoms with Gasteiger partial charge in [0.15, 0.2) is 0 Å². The number of nitrogens with zero attached hydrogens (tertiary/aromatic N) is 1. The highest BCUT2D eigenvalue weighted by Gasteiger charge is 2.32. The van der Waals surface area contributed by atoms with E-state index in [9.17, 15) is 14.4 Å². The Balaban J connectivity index is 2.19. The zero-order valence-electron chi connectivity index (χ0n) is 11.2. The van der Waals surface area contributed by atoms with Gasteiger partial charge in [0.05, 0.1) is 11.1 Å². The van der Waals surface area contributed by atoms with E-state index in [-0.39, 0.29) is 17.7 Å². The summed E-state index contributed by atoms with van der Waals surface area (Å²) >= 11 is 0. The van der Waals surface area contributed by atoms with E-state index >= 15 is 0 Å². The normalized spacial score (nSPS) is 14.4. The topological polar surface area (TPSA) is 66.5 Å². The molecule has 0 atom stereocenters. The van der Waals surface area contributed by atoms with Crippen molar-refractivity contribution in [1.82, 2.24) is 4.90 Å². The van der Waals surface area contributed by atoms with E-state index < -0.39 is 0 Å². The molecule has 0 unspecified atom stereocenters. The van der Waals surface area contributed by atoms with Gasteiger partial charge in [-0.05, 0) is 25.1 Å². The third-order valence-electron chi connectivity index (χ3n) is 2.91. The lowest BCUT2D eigenvalue weighted by Crippen LogP contribution is -2.24. The number of rotatable bonds is 3. The summed E-state index contributed by atoms with van der Waals surface area (Å²) in [4.78, 5) is 36.2. The third kappa shape index (κ3) is 2.51. The zero-order valence-corrected chi connectivity index (χ0v) is 11.2. The molecule has 5 heteroatoms. The number of amides is 3. The van der Waals surface area contributed by atoms with Crippen LogP contribution in [0.25, 0.3) is 0 Å². The molecule has 0 bridgehead atoms. The van der Waals surface area contributed by atoms with Crippen LogP contribution in [0.1, 0.15) is 27.6 Å². The molecule has 20 heavy (non-hydrogen) atoms. The van der Waals surface area contributed by atoms with E-state index in [0.29, 0.717) is 16.8 Å². The van der Waals surface area contributed by atoms with E-state index in [1.165, 1.54) is 19.2 Å². The number of hydrogen-bond donors (Lipinski definition) is 1. The van der Waals surface area contributed by atoms with Gasteiger partial charge in [0.25, 0.3) is 11.8 Å². The molecule has 0 aliphatic carbocycles. The number of nitrogens with one attached hydrogen (secondary N) is 1. The Kier molecular flexibility index (Phi) is 3.79. The molecule has 1 aliphatic rings. The van der Waals surface area contributed by atoms with Crippen molar-refractivity contribution < 1.29 is 14.4 Å². The van der Waals surface area contributed by atoms with Crippen LogP contribution in [0.15, 0.2) is 42.5 Å². The monoisotopic (exact) mass is 270 g/mol. The molecule has 1 heterocycles. The maximum atomic E-state index is 11.8. The average Bonchev–Trinajstić information content (AvgIpc) is 2.64. The van der Waals surface area contributed by atoms with Gasteiger partial charge in [-0.3, -0.25) is 19.3 Å². The molecule has 102 valence electrons. The fraction of sp³-hybridized carbons (Fsp3) is 0.133. The first-order chi connectivity index (χ1) is 9.54. The van der Waals surface area contributed by atoms with E-state index in [0.717, 1.165) is 4.90 Å². The molecule has 0 spiro atoms. The molecule has 1 aromatic carbocycles. The lowest BCUT2D eigenvalue weighted by atomic mass is 10.1. The summed E-state index contributed by atoms with van der Waals surface area (Å²) in [5, 5.41) is 2.64. The summed E-state index contributed by atoms with van der Waals surface area (Å²) < 4.78 is 0. The highest BCUT2D eigenvalue weighted by Crippen LogP contribution is 2.24. The van der Waals surface area contributed by atoms with Gasteiger partial charge in [0.1, 0.15) is 0 Å². The summed E-state index contributed by atoms with van der Waals surface area (Å²) in [6.07, 6.45) is 6.54. The maximum Gasteiger partial charge on any atom is 0.261 e. The molecule has 1 aliphatic heterocycles. The third-order valence-corrected chi connectivity index (χ3v) is 2.91. The summed E-state index contributed by atoms with van der Waals surface area (Å²) in [6.45, 7) is 1.85. The smallest absolute Gasteiger partial charge is 0.261 e. The van der Waals surface area contributed by atoms with Gasteiger partial charge in [-0.25, -0.2) is 0 Å². The van der Waals surface area contributed by atoms with Gasteiger partial charge < -0.3 is 5.32 Å². The molecule has 3 amide bonds. The van der Waals surface area contributed by atoms with Crippen LogP contribution in [0.4, 0.5) is 5.69 Å². The van der Waals surface area contributed by atoms with Crippen molar-refractivity contribution in [1.29, 1.82) is 0 Å². The van der Waals surface area contributed by atoms with Crippen molar-refractivity contribution in [3.05, 3.63) is 53.6 Å². The largest absolute Gasteiger partial charge is 0.322 e. The molecule has 1 aromatic rings. The quantitative estimate of drug-likeness (QED) is 0.519. The number of fused-ring (bicyclic) bond motifs is 1. The van der Waals surface area contributed by atoms with Crippen molar-refractivity contribution in [3.8, 4) is 0 Å². The Morgan fingerprint density at radius 1 is 1.15 bits per heavy atom. The number of imide groups is 1. The highest BCUT2D eigenvalue weighted by molar-refractivity contribution is 6.21. The fourth-order valence-corrected chi connectivity index (χ4v) is 1.88. The predicted molar refractivity (Wildman–Crippen MR) is 75.4 cm³/mol. The van der Waals surface area contributed by atoms with E-state index in [4.69, 9.17) is 0 Å². The molecule has 0 aromatic heterocycles. The number of allylic oxidation sites excluding steroid dienone is 3. The minimum Gasteiger partial charge on any atom is -0.322 e. The van der Waals surface area contributed by atoms with Gasteiger partial charge in [-0.15, -0.1) is 0 Å². The van der Waals surface area contributed by atoms with Crippen LogP contribution >= 0.6 is 0 Å². The summed E-state index contributed by atoms with van der Waals surface area (Å²) in [5.74, 6) is -0.977. The lowest BCUT2D eigenvalue weighted by Gasteiger charge is -2.03. The number of benzene rings is 1. The second kappa shape index (κ2) is 5.52. The molecule has 0 fully saturated rings. The Morgan fingerprint density at radius 3 is 2.55 bits per heavy atom. The predicted octanol–water partition coefficient (Wildman–Crippen LogP) is 1.98. The van der Waals surface area contributed by atoms with E-state index in [2.05, 4.69) is 5.32 Å². The Morgan fingerprint density at radius 2 is 1.85 bits per heavy atom. The molecule has 0 radical (unpaired) electrons. The van der Waals surface area contributed by atoms with Crippen molar-refractivity contribution in [2.75, 3.05) is 12.4 Å². The number of carbonyl (C=O) groups excluding carboxylic acids is 3. The maximum absolute atomic E-state index is 11.8. The van der Waals surface area contributed by atoms with Crippen molar-refractivity contribution in [2.45, 2.75) is 6.92 Å². The molecular weight excluding hydrogens is 256 g/mol. The Hall–Kier alpha value is -2.69. The zero-order chi connectivity index (χ0) is 14.7. The second-order valence-corrected chi connectivity index (χ2v) is 4.30. The van der Waals surface area contributed by atoms with Crippen LogP contribution in [0.5, 0.6) is 0 Å². The summed E-state index contributed by atoms with van der Waals surface area (Å²) in [5.41, 5.74) is 1.16. The van der Waals surface area contributed by atoms with E-state index in [1.54, 1.807) is 30.4 Å². The minimum atomic E-state index is -0.356. The van der Waals surface area contributed by atoms with Crippen LogP contribution in [0, 0.1) is 0 Å². The van der Waals surface area contributed by atoms with Crippen LogP contribution < -0.4 is 5.32 Å². The standard InChI is InChI=1S/C15H14N2O3/c1-3-4-5-6-13(18)16-10-7-8-11-12(9-10)15(20)17(2)14(11)19/h3-9H,1-2H3,(H,16,18)/b4-3+,6-5+. The Labute approximate surface area is 116 Å². The first-order valence-electron chi connectivity index (χ1n) is 6.11. The van der Waals surface area contributed by atoms with Crippen molar-refractivity contribution >= 4 is 23.4 Å². The van der Waals surface area contributed by atoms with Gasteiger partial charge in [0, 0.05) is 18.8 Å². The molecule has 2 rings (SSSR count). The Bertz CT molecular complexity index is 645. The SMILES string of the molecule is C/C=C/C=C/C(=O)Nc1ccc2c(c1)C(=O)N(C)C2=O. The van der Waals surface area contributed by atoms with Gasteiger partial charge >= 0.3 is 0 Å². The minimum absolute atomic E-state index is 0.298. The lowest BCUT2D eigenvalue weighted by molar-refractivity contribution is -0.111. The van der Waals surface area contributed by atoms with Crippen LogP contribution in [-0.4, -0.2) is 29.7 Å². The first-order valence-corrected chi connectivity index (χ1v) is 6.11. The first kappa shape index (κ1) is 13.7. The number of carbonyl (C=O) groups is 3. The molecule has 1 N–H and O–H groups in total. The van der Waals surface area contributed by atoms with Crippen molar-refractivity contribution in [3.63, 3.8) is 0 Å². The molecule has 0 saturated carbocycles. The molecule has 5 nitrogen and oxygen atoms in total. The van der Waals surface area contributed by atoms with Crippen molar-refractivity contribution in [2.24, 2.45) is 0 Å². The highest BCUT2D eigenvalue weighted by atomic mass is 16.2. The van der Waals surface area contributed by atoms with Gasteiger partial charge in [0.2, 0.25) is 5.91 Å². The summed E-state index contributed by atoms with van der Waals surface area (Å²) in [6, 6.07) is 4.66. The van der Waals surface area contributed by atoms with Crippen LogP contribution in [0.2, 0.25) is 0 Å². The average molecular weight is 270 g/mol. The van der Waals surface area contributed by atoms with Crippen LogP contribution in [0.3, 0.4) is 0 Å². The summed E-state index contributed by atoms with van der Waals surface area (Å²) in [7, 11) is 1.43. The van der Waals surface area contributed by atoms with Gasteiger partial charge in [-0.2, -0.15) is 0 Å². The fourth-order valence-electron chi connectivity index (χ4n) is 1.88.